The second-order valence-electron chi connectivity index (χ2n) is 6.94. The highest BCUT2D eigenvalue weighted by molar-refractivity contribution is 9.10. The Morgan fingerprint density at radius 1 is 0.968 bits per heavy atom. The van der Waals surface area contributed by atoms with Crippen molar-refractivity contribution in [3.8, 4) is 11.5 Å². The average Bonchev–Trinajstić information content (AvgIpc) is 3.05. The fourth-order valence-electron chi connectivity index (χ4n) is 3.61. The molecule has 3 aromatic rings. The fraction of sp³-hybridized carbons (Fsp3) is 0.0833. The molecule has 0 aromatic heterocycles. The van der Waals surface area contributed by atoms with E-state index in [1.807, 2.05) is 0 Å². The van der Waals surface area contributed by atoms with Gasteiger partial charge < -0.3 is 14.9 Å². The van der Waals surface area contributed by atoms with Gasteiger partial charge >= 0.3 is 0 Å². The van der Waals surface area contributed by atoms with Crippen LogP contribution in [0.5, 0.6) is 11.5 Å². The lowest BCUT2D eigenvalue weighted by Crippen LogP contribution is -2.29. The number of aliphatic hydroxyl groups is 1. The van der Waals surface area contributed by atoms with Crippen molar-refractivity contribution in [3.05, 3.63) is 94.0 Å². The number of aliphatic hydroxyl groups excluding tert-OH is 1. The lowest BCUT2D eigenvalue weighted by molar-refractivity contribution is -0.132. The van der Waals surface area contributed by atoms with Gasteiger partial charge in [-0.2, -0.15) is 0 Å². The molecule has 1 saturated heterocycles. The van der Waals surface area contributed by atoms with Crippen molar-refractivity contribution in [1.29, 1.82) is 0 Å². The van der Waals surface area contributed by atoms with E-state index in [1.165, 1.54) is 18.1 Å². The molecule has 2 N–H and O–H groups in total. The highest BCUT2D eigenvalue weighted by Gasteiger charge is 2.47. The topological polar surface area (TPSA) is 87.1 Å². The minimum Gasteiger partial charge on any atom is -0.507 e. The molecule has 1 aliphatic rings. The van der Waals surface area contributed by atoms with Crippen molar-refractivity contribution in [3.63, 3.8) is 0 Å². The van der Waals surface area contributed by atoms with Crippen molar-refractivity contribution < 1.29 is 24.5 Å². The highest BCUT2D eigenvalue weighted by atomic mass is 79.9. The van der Waals surface area contributed by atoms with Crippen molar-refractivity contribution in [2.45, 2.75) is 6.04 Å². The molecule has 4 rings (SSSR count). The van der Waals surface area contributed by atoms with Crippen LogP contribution < -0.4 is 9.64 Å². The van der Waals surface area contributed by atoms with Crippen molar-refractivity contribution in [2.75, 3.05) is 12.0 Å². The smallest absolute Gasteiger partial charge is 0.300 e. The number of ketones is 1. The maximum Gasteiger partial charge on any atom is 0.300 e. The second-order valence-corrected chi connectivity index (χ2v) is 7.85. The Morgan fingerprint density at radius 2 is 1.61 bits per heavy atom. The number of halogens is 1. The molecule has 31 heavy (non-hydrogen) atoms. The zero-order valence-corrected chi connectivity index (χ0v) is 18.0. The second kappa shape index (κ2) is 8.28. The van der Waals surface area contributed by atoms with Gasteiger partial charge in [0.05, 0.1) is 24.4 Å². The standard InChI is InChI=1S/C24H18BrNO5/c1-31-17-12-8-14(9-13-17)21-20(22(28)15-6-10-16(25)11-7-15)23(29)24(30)26(21)18-4-2-3-5-19(18)27/h2-13,21,27-28H,1H3/b22-20+. The number of benzene rings is 3. The van der Waals surface area contributed by atoms with Gasteiger partial charge in [-0.1, -0.05) is 52.3 Å². The van der Waals surface area contributed by atoms with Crippen molar-refractivity contribution in [2.24, 2.45) is 0 Å². The summed E-state index contributed by atoms with van der Waals surface area (Å²) in [4.78, 5) is 27.3. The maximum atomic E-state index is 13.1. The van der Waals surface area contributed by atoms with Crippen LogP contribution >= 0.6 is 15.9 Å². The van der Waals surface area contributed by atoms with E-state index in [0.717, 1.165) is 4.47 Å². The predicted molar refractivity (Wildman–Crippen MR) is 120 cm³/mol. The van der Waals surface area contributed by atoms with Gasteiger partial charge in [-0.3, -0.25) is 14.5 Å². The summed E-state index contributed by atoms with van der Waals surface area (Å²) < 4.78 is 6.02. The number of carbonyl (C=O) groups is 2. The van der Waals surface area contributed by atoms with Crippen LogP contribution in [0.15, 0.2) is 82.8 Å². The Kier molecular flexibility index (Phi) is 5.52. The number of carbonyl (C=O) groups excluding carboxylic acids is 2. The van der Waals surface area contributed by atoms with Gasteiger partial charge in [0.15, 0.2) is 0 Å². The van der Waals surface area contributed by atoms with E-state index in [9.17, 15) is 19.8 Å². The van der Waals surface area contributed by atoms with Crippen LogP contribution in [-0.4, -0.2) is 29.0 Å². The van der Waals surface area contributed by atoms with Gasteiger partial charge in [-0.05, 0) is 42.0 Å². The summed E-state index contributed by atoms with van der Waals surface area (Å²) in [6.45, 7) is 0. The van der Waals surface area contributed by atoms with Crippen molar-refractivity contribution >= 4 is 39.1 Å². The Hall–Kier alpha value is -3.58. The van der Waals surface area contributed by atoms with E-state index in [2.05, 4.69) is 15.9 Å². The molecule has 1 amide bonds. The lowest BCUT2D eigenvalue weighted by Gasteiger charge is -2.26. The van der Waals surface area contributed by atoms with Gasteiger partial charge in [0.1, 0.15) is 17.3 Å². The van der Waals surface area contributed by atoms with E-state index in [4.69, 9.17) is 4.74 Å². The fourth-order valence-corrected chi connectivity index (χ4v) is 3.88. The molecule has 0 saturated carbocycles. The number of rotatable bonds is 4. The molecule has 0 spiro atoms. The molecule has 156 valence electrons. The molecule has 3 aromatic carbocycles. The third-order valence-corrected chi connectivity index (χ3v) is 5.66. The van der Waals surface area contributed by atoms with E-state index >= 15 is 0 Å². The number of aromatic hydroxyl groups is 1. The zero-order chi connectivity index (χ0) is 22.1. The number of amides is 1. The molecular formula is C24H18BrNO5. The first kappa shape index (κ1) is 20.7. The lowest BCUT2D eigenvalue weighted by atomic mass is 9.95. The Morgan fingerprint density at radius 3 is 2.23 bits per heavy atom. The molecule has 0 aliphatic carbocycles. The van der Waals surface area contributed by atoms with Gasteiger partial charge in [-0.25, -0.2) is 0 Å². The van der Waals surface area contributed by atoms with Crippen LogP contribution in [0.25, 0.3) is 5.76 Å². The number of nitrogens with zero attached hydrogens (tertiary/aromatic N) is 1. The molecule has 0 bridgehead atoms. The first-order valence-corrected chi connectivity index (χ1v) is 10.2. The number of Topliss-reactive ketones (excluding diaryl/α,β-unsaturated/α-hetero) is 1. The van der Waals surface area contributed by atoms with Crippen molar-refractivity contribution in [1.82, 2.24) is 0 Å². The van der Waals surface area contributed by atoms with Crippen LogP contribution in [0.1, 0.15) is 17.2 Å². The number of anilines is 1. The average molecular weight is 480 g/mol. The number of phenols is 1. The molecule has 1 aliphatic heterocycles. The molecule has 1 unspecified atom stereocenters. The number of para-hydroxylation sites is 2. The van der Waals surface area contributed by atoms with Gasteiger partial charge in [0.25, 0.3) is 11.7 Å². The first-order valence-electron chi connectivity index (χ1n) is 9.41. The van der Waals surface area contributed by atoms with E-state index in [0.29, 0.717) is 16.9 Å². The van der Waals surface area contributed by atoms with Crippen LogP contribution in [-0.2, 0) is 9.59 Å². The number of ether oxygens (including phenoxy) is 1. The number of hydrogen-bond acceptors (Lipinski definition) is 5. The highest BCUT2D eigenvalue weighted by Crippen LogP contribution is 2.44. The molecule has 1 heterocycles. The normalized spacial score (nSPS) is 17.7. The van der Waals surface area contributed by atoms with Crippen LogP contribution in [0.2, 0.25) is 0 Å². The monoisotopic (exact) mass is 479 g/mol. The Bertz CT molecular complexity index is 1190. The van der Waals surface area contributed by atoms with E-state index in [-0.39, 0.29) is 22.8 Å². The molecule has 7 heteroatoms. The van der Waals surface area contributed by atoms with Crippen LogP contribution in [0.3, 0.4) is 0 Å². The number of methoxy groups -OCH3 is 1. The Labute approximate surface area is 187 Å². The van der Waals surface area contributed by atoms with E-state index < -0.39 is 17.7 Å². The molecule has 6 nitrogen and oxygen atoms in total. The summed E-state index contributed by atoms with van der Waals surface area (Å²) in [5.74, 6) is -1.49. The first-order chi connectivity index (χ1) is 14.9. The largest absolute Gasteiger partial charge is 0.507 e. The zero-order valence-electron chi connectivity index (χ0n) is 16.4. The minimum atomic E-state index is -0.928. The minimum absolute atomic E-state index is 0.0549. The van der Waals surface area contributed by atoms with Crippen LogP contribution in [0, 0.1) is 0 Å². The maximum absolute atomic E-state index is 13.1. The summed E-state index contributed by atoms with van der Waals surface area (Å²) in [5.41, 5.74) is 1.11. The van der Waals surface area contributed by atoms with Gasteiger partial charge in [0, 0.05) is 10.0 Å². The summed E-state index contributed by atoms with van der Waals surface area (Å²) in [7, 11) is 1.54. The Balaban J connectivity index is 1.95. The third kappa shape index (κ3) is 3.68. The van der Waals surface area contributed by atoms with Gasteiger partial charge in [-0.15, -0.1) is 0 Å². The third-order valence-electron chi connectivity index (χ3n) is 5.13. The predicted octanol–water partition coefficient (Wildman–Crippen LogP) is 4.79. The molecule has 1 atom stereocenters. The molecule has 0 radical (unpaired) electrons. The van der Waals surface area contributed by atoms with Crippen LogP contribution in [0.4, 0.5) is 5.69 Å². The summed E-state index contributed by atoms with van der Waals surface area (Å²) in [6.07, 6.45) is 0. The summed E-state index contributed by atoms with van der Waals surface area (Å²) >= 11 is 3.34. The quantitative estimate of drug-likeness (QED) is 0.319. The summed E-state index contributed by atoms with van der Waals surface area (Å²) in [6, 6.07) is 19.0. The number of phenolic OH excluding ortho intramolecular Hbond substituents is 1. The molecular weight excluding hydrogens is 462 g/mol. The van der Waals surface area contributed by atoms with E-state index in [1.54, 1.807) is 66.7 Å². The SMILES string of the molecule is COc1ccc(C2/C(=C(\O)c3ccc(Br)cc3)C(=O)C(=O)N2c2ccccc2O)cc1. The number of hydrogen-bond donors (Lipinski definition) is 2. The summed E-state index contributed by atoms with van der Waals surface area (Å²) in [5, 5.41) is 21.4. The van der Waals surface area contributed by atoms with Gasteiger partial charge in [0.2, 0.25) is 0 Å². The molecule has 1 fully saturated rings.